The quantitative estimate of drug-likeness (QED) is 0.435. The third-order valence-electron chi connectivity index (χ3n) is 6.18. The number of alkyl halides is 3. The molecule has 12 heteroatoms. The first-order valence-electron chi connectivity index (χ1n) is 12.5. The number of ether oxygens (including phenoxy) is 2. The van der Waals surface area contributed by atoms with E-state index in [1.807, 2.05) is 0 Å². The predicted octanol–water partition coefficient (Wildman–Crippen LogP) is 6.19. The second-order valence-electron chi connectivity index (χ2n) is 11.6. The molecule has 0 bridgehead atoms. The van der Waals surface area contributed by atoms with Crippen molar-refractivity contribution in [3.05, 3.63) is 48.0 Å². The van der Waals surface area contributed by atoms with Crippen molar-refractivity contribution >= 4 is 18.2 Å². The van der Waals surface area contributed by atoms with Gasteiger partial charge in [-0.1, -0.05) is 0 Å². The Morgan fingerprint density at radius 3 is 2.03 bits per heavy atom. The van der Waals surface area contributed by atoms with Crippen molar-refractivity contribution in [2.45, 2.75) is 83.6 Å². The summed E-state index contributed by atoms with van der Waals surface area (Å²) in [7, 11) is 0. The first-order valence-corrected chi connectivity index (χ1v) is 12.5. The average molecular weight is 554 g/mol. The Balaban J connectivity index is 1.70. The zero-order valence-corrected chi connectivity index (χ0v) is 22.8. The van der Waals surface area contributed by atoms with E-state index < -0.39 is 46.5 Å². The van der Waals surface area contributed by atoms with Gasteiger partial charge in [0.2, 0.25) is 0 Å². The van der Waals surface area contributed by atoms with Crippen molar-refractivity contribution in [3.63, 3.8) is 0 Å². The largest absolute Gasteiger partial charge is 0.481 e. The predicted molar refractivity (Wildman–Crippen MR) is 134 cm³/mol. The number of benzene rings is 1. The molecule has 2 aromatic rings. The van der Waals surface area contributed by atoms with Crippen LogP contribution in [0.4, 0.5) is 22.8 Å². The zero-order valence-electron chi connectivity index (χ0n) is 22.8. The number of halogens is 3. The van der Waals surface area contributed by atoms with Gasteiger partial charge in [0, 0.05) is 18.4 Å². The van der Waals surface area contributed by atoms with Gasteiger partial charge in [0.1, 0.15) is 16.6 Å². The highest BCUT2D eigenvalue weighted by atomic mass is 19.4. The molecule has 1 saturated carbocycles. The van der Waals surface area contributed by atoms with E-state index in [0.717, 1.165) is 17.0 Å². The van der Waals surface area contributed by atoms with Gasteiger partial charge in [-0.15, -0.1) is 0 Å². The summed E-state index contributed by atoms with van der Waals surface area (Å²) in [6.45, 7) is 10.0. The monoisotopic (exact) mass is 553 g/mol. The van der Waals surface area contributed by atoms with Crippen molar-refractivity contribution in [2.24, 2.45) is 5.92 Å². The van der Waals surface area contributed by atoms with Gasteiger partial charge >= 0.3 is 24.3 Å². The first kappa shape index (κ1) is 30.0. The Kier molecular flexibility index (Phi) is 8.10. The Morgan fingerprint density at radius 1 is 1.03 bits per heavy atom. The lowest BCUT2D eigenvalue weighted by molar-refractivity contribution is -0.140. The van der Waals surface area contributed by atoms with Crippen LogP contribution in [-0.2, 0) is 25.9 Å². The number of hydrogen-bond acceptors (Lipinski definition) is 6. The summed E-state index contributed by atoms with van der Waals surface area (Å²) < 4.78 is 50.8. The molecular formula is C27H34F3N3O6. The smallest absolute Gasteiger partial charge is 0.419 e. The number of imide groups is 1. The molecule has 1 aliphatic carbocycles. The van der Waals surface area contributed by atoms with E-state index in [1.165, 1.54) is 29.2 Å². The number of carbonyl (C=O) groups is 3. The normalized spacial score (nSPS) is 19.4. The van der Waals surface area contributed by atoms with E-state index in [4.69, 9.17) is 9.47 Å². The maximum Gasteiger partial charge on any atom is 0.419 e. The molecule has 3 rings (SSSR count). The van der Waals surface area contributed by atoms with Gasteiger partial charge in [-0.25, -0.2) is 19.5 Å². The van der Waals surface area contributed by atoms with E-state index in [0.29, 0.717) is 24.9 Å². The summed E-state index contributed by atoms with van der Waals surface area (Å²) in [6, 6.07) is 4.47. The van der Waals surface area contributed by atoms with E-state index in [-0.39, 0.29) is 18.2 Å². The topological polar surface area (TPSA) is 111 Å². The molecular weight excluding hydrogens is 519 g/mol. The molecule has 0 saturated heterocycles. The molecule has 1 heterocycles. The van der Waals surface area contributed by atoms with E-state index >= 15 is 0 Å². The Bertz CT molecular complexity index is 1180. The van der Waals surface area contributed by atoms with Gasteiger partial charge in [0.25, 0.3) is 0 Å². The lowest BCUT2D eigenvalue weighted by atomic mass is 9.97. The second kappa shape index (κ2) is 10.5. The molecule has 1 aliphatic rings. The number of imidazole rings is 1. The molecule has 39 heavy (non-hydrogen) atoms. The highest BCUT2D eigenvalue weighted by Crippen LogP contribution is 2.56. The molecule has 2 unspecified atom stereocenters. The minimum absolute atomic E-state index is 0.0317. The van der Waals surface area contributed by atoms with Crippen LogP contribution in [0.2, 0.25) is 0 Å². The molecule has 1 aromatic heterocycles. The summed E-state index contributed by atoms with van der Waals surface area (Å²) in [4.78, 5) is 42.8. The van der Waals surface area contributed by atoms with Crippen LogP contribution in [0.25, 0.3) is 5.69 Å². The minimum atomic E-state index is -4.46. The molecule has 1 N–H and O–H groups in total. The molecule has 0 radical (unpaired) electrons. The summed E-state index contributed by atoms with van der Waals surface area (Å²) in [6.07, 6.45) is -2.32. The van der Waals surface area contributed by atoms with E-state index in [9.17, 15) is 32.7 Å². The van der Waals surface area contributed by atoms with Gasteiger partial charge in [0.15, 0.2) is 0 Å². The van der Waals surface area contributed by atoms with Gasteiger partial charge in [0.05, 0.1) is 17.6 Å². The SMILES string of the molecule is CC(C)(C)OC(=O)N(CCCC1CC1(C(=O)O)c1cn(-c2ccc(C(F)(F)F)cc2)cn1)C(=O)OC(C)(C)C. The highest BCUT2D eigenvalue weighted by Gasteiger charge is 2.62. The van der Waals surface area contributed by atoms with Crippen LogP contribution in [0.5, 0.6) is 0 Å². The third kappa shape index (κ3) is 7.30. The molecule has 214 valence electrons. The fourth-order valence-electron chi connectivity index (χ4n) is 4.27. The van der Waals surface area contributed by atoms with Crippen molar-refractivity contribution in [3.8, 4) is 5.69 Å². The fraction of sp³-hybridized carbons (Fsp3) is 0.556. The standard InChI is InChI=1S/C27H34F3N3O6/c1-24(2,3)38-22(36)33(23(37)39-25(4,5)6)13-7-8-18-14-26(18,21(34)35)20-15-32(16-31-20)19-11-9-17(10-12-19)27(28,29)30/h9-12,15-16,18H,7-8,13-14H2,1-6H3,(H,34,35). The first-order chi connectivity index (χ1) is 17.8. The minimum Gasteiger partial charge on any atom is -0.481 e. The van der Waals surface area contributed by atoms with Crippen LogP contribution in [0.1, 0.15) is 72.1 Å². The number of carboxylic acid groups (broad SMARTS) is 1. The maximum atomic E-state index is 12.9. The Labute approximate surface area is 224 Å². The summed E-state index contributed by atoms with van der Waals surface area (Å²) >= 11 is 0. The van der Waals surface area contributed by atoms with Crippen LogP contribution in [0.3, 0.4) is 0 Å². The molecule has 1 fully saturated rings. The van der Waals surface area contributed by atoms with Crippen LogP contribution in [0, 0.1) is 5.92 Å². The number of rotatable bonds is 7. The number of carbonyl (C=O) groups excluding carboxylic acids is 2. The van der Waals surface area contributed by atoms with E-state index in [1.54, 1.807) is 41.5 Å². The molecule has 9 nitrogen and oxygen atoms in total. The van der Waals surface area contributed by atoms with Crippen molar-refractivity contribution < 1.29 is 42.1 Å². The molecule has 2 amide bonds. The number of hydrogen-bond donors (Lipinski definition) is 1. The lowest BCUT2D eigenvalue weighted by Crippen LogP contribution is -2.44. The number of nitrogens with zero attached hydrogens (tertiary/aromatic N) is 3. The number of aromatic nitrogens is 2. The number of amides is 2. The van der Waals surface area contributed by atoms with Gasteiger partial charge in [-0.05, 0) is 91.0 Å². The van der Waals surface area contributed by atoms with Crippen molar-refractivity contribution in [1.82, 2.24) is 14.5 Å². The van der Waals surface area contributed by atoms with Gasteiger partial charge in [-0.3, -0.25) is 4.79 Å². The van der Waals surface area contributed by atoms with Crippen molar-refractivity contribution in [1.29, 1.82) is 0 Å². The van der Waals surface area contributed by atoms with E-state index in [2.05, 4.69) is 4.98 Å². The third-order valence-corrected chi connectivity index (χ3v) is 6.18. The summed E-state index contributed by atoms with van der Waals surface area (Å²) in [5, 5.41) is 10.0. The summed E-state index contributed by atoms with van der Waals surface area (Å²) in [5.41, 5.74) is -3.03. The second-order valence-corrected chi connectivity index (χ2v) is 11.6. The molecule has 1 aromatic carbocycles. The van der Waals surface area contributed by atoms with Gasteiger partial charge in [-0.2, -0.15) is 13.2 Å². The highest BCUT2D eigenvalue weighted by molar-refractivity contribution is 5.88. The Morgan fingerprint density at radius 2 is 1.56 bits per heavy atom. The Hall–Kier alpha value is -3.57. The van der Waals surface area contributed by atoms with Crippen LogP contribution in [0.15, 0.2) is 36.8 Å². The van der Waals surface area contributed by atoms with Crippen LogP contribution >= 0.6 is 0 Å². The number of carboxylic acids is 1. The van der Waals surface area contributed by atoms with Crippen LogP contribution in [-0.4, -0.2) is 55.5 Å². The fourth-order valence-corrected chi connectivity index (χ4v) is 4.27. The molecule has 0 spiro atoms. The van der Waals surface area contributed by atoms with Crippen molar-refractivity contribution in [2.75, 3.05) is 6.54 Å². The molecule has 2 atom stereocenters. The zero-order chi connectivity index (χ0) is 29.4. The molecule has 0 aliphatic heterocycles. The number of aliphatic carboxylic acids is 1. The van der Waals surface area contributed by atoms with Crippen LogP contribution < -0.4 is 0 Å². The van der Waals surface area contributed by atoms with Gasteiger partial charge < -0.3 is 19.1 Å². The maximum absolute atomic E-state index is 12.9. The average Bonchev–Trinajstić information content (AvgIpc) is 3.29. The summed E-state index contributed by atoms with van der Waals surface area (Å²) in [5.74, 6) is -1.38. The lowest BCUT2D eigenvalue weighted by Gasteiger charge is -2.28.